The van der Waals surface area contributed by atoms with E-state index in [9.17, 15) is 4.79 Å². The summed E-state index contributed by atoms with van der Waals surface area (Å²) in [5.41, 5.74) is 1.18. The fraction of sp³-hybridized carbons (Fsp3) is 0.357. The van der Waals surface area contributed by atoms with Gasteiger partial charge in [-0.25, -0.2) is 4.68 Å². The van der Waals surface area contributed by atoms with Crippen molar-refractivity contribution in [1.29, 1.82) is 0 Å². The van der Waals surface area contributed by atoms with Gasteiger partial charge in [-0.15, -0.1) is 16.4 Å². The molecule has 1 saturated carbocycles. The average molecular weight is 531 g/mol. The molecule has 0 saturated heterocycles. The van der Waals surface area contributed by atoms with Gasteiger partial charge in [-0.05, 0) is 78.0 Å². The molecule has 0 amide bonds. The molecule has 6 rings (SSSR count). The Bertz CT molecular complexity index is 1500. The summed E-state index contributed by atoms with van der Waals surface area (Å²) in [6.07, 6.45) is 6.03. The van der Waals surface area contributed by atoms with E-state index in [2.05, 4.69) is 36.9 Å². The second-order valence-electron chi connectivity index (χ2n) is 9.62. The predicted octanol–water partition coefficient (Wildman–Crippen LogP) is 5.47. The molecule has 0 spiro atoms. The van der Waals surface area contributed by atoms with E-state index in [1.807, 2.05) is 54.1 Å². The number of aromatic nitrogens is 5. The predicted molar refractivity (Wildman–Crippen MR) is 145 cm³/mol. The van der Waals surface area contributed by atoms with E-state index in [1.54, 1.807) is 17.6 Å². The first-order valence-electron chi connectivity index (χ1n) is 13.1. The molecule has 0 radical (unpaired) electrons. The van der Waals surface area contributed by atoms with Crippen LogP contribution in [0.2, 0.25) is 0 Å². The first kappa shape index (κ1) is 24.6. The van der Waals surface area contributed by atoms with Crippen molar-refractivity contribution in [3.05, 3.63) is 92.6 Å². The number of hydrogen-bond acceptors (Lipinski definition) is 8. The Morgan fingerprint density at radius 1 is 1.18 bits per heavy atom. The monoisotopic (exact) mass is 530 g/mol. The summed E-state index contributed by atoms with van der Waals surface area (Å²) in [5, 5.41) is 16.0. The molecule has 38 heavy (non-hydrogen) atoms. The van der Waals surface area contributed by atoms with Gasteiger partial charge in [-0.3, -0.25) is 9.69 Å². The van der Waals surface area contributed by atoms with Gasteiger partial charge in [-0.2, -0.15) is 0 Å². The smallest absolute Gasteiger partial charge is 0.253 e. The molecule has 0 aliphatic heterocycles. The minimum absolute atomic E-state index is 0.164. The number of nitrogens with one attached hydrogen (secondary N) is 1. The van der Waals surface area contributed by atoms with E-state index in [4.69, 9.17) is 9.15 Å². The van der Waals surface area contributed by atoms with Crippen LogP contribution in [-0.4, -0.2) is 36.7 Å². The SMILES string of the molecule is CCOc1ccc2[nH]c(=O)c(C(c3nnnn3C3CCCC3)N(Cc3ccco3)Cc3cccs3)cc2c1. The molecule has 10 heteroatoms. The molecular weight excluding hydrogens is 500 g/mol. The fourth-order valence-electron chi connectivity index (χ4n) is 5.39. The molecule has 1 aliphatic carbocycles. The van der Waals surface area contributed by atoms with Crippen molar-refractivity contribution in [3.63, 3.8) is 0 Å². The zero-order chi connectivity index (χ0) is 25.9. The summed E-state index contributed by atoms with van der Waals surface area (Å²) in [6, 6.07) is 15.4. The number of hydrogen-bond donors (Lipinski definition) is 1. The van der Waals surface area contributed by atoms with E-state index in [-0.39, 0.29) is 11.6 Å². The number of rotatable bonds is 10. The molecule has 0 bridgehead atoms. The van der Waals surface area contributed by atoms with Gasteiger partial charge >= 0.3 is 0 Å². The van der Waals surface area contributed by atoms with Gasteiger partial charge in [0.05, 0.1) is 25.5 Å². The number of benzene rings is 1. The zero-order valence-electron chi connectivity index (χ0n) is 21.2. The lowest BCUT2D eigenvalue weighted by Gasteiger charge is -2.30. The number of furan rings is 1. The normalized spacial score (nSPS) is 15.0. The summed E-state index contributed by atoms with van der Waals surface area (Å²) >= 11 is 1.68. The molecule has 1 atom stereocenters. The van der Waals surface area contributed by atoms with Crippen LogP contribution in [-0.2, 0) is 13.1 Å². The van der Waals surface area contributed by atoms with Crippen molar-refractivity contribution >= 4 is 22.2 Å². The lowest BCUT2D eigenvalue weighted by molar-refractivity contribution is 0.178. The van der Waals surface area contributed by atoms with E-state index < -0.39 is 6.04 Å². The topological polar surface area (TPSA) is 102 Å². The third-order valence-corrected chi connectivity index (χ3v) is 7.99. The van der Waals surface area contributed by atoms with Crippen LogP contribution in [0.1, 0.15) is 66.7 Å². The first-order valence-corrected chi connectivity index (χ1v) is 13.9. The van der Waals surface area contributed by atoms with Crippen LogP contribution in [0.5, 0.6) is 5.75 Å². The van der Waals surface area contributed by atoms with Crippen molar-refractivity contribution in [2.75, 3.05) is 6.61 Å². The van der Waals surface area contributed by atoms with Crippen molar-refractivity contribution in [2.24, 2.45) is 0 Å². The number of H-pyrrole nitrogens is 1. The number of tetrazole rings is 1. The first-order chi connectivity index (χ1) is 18.7. The number of nitrogens with zero attached hydrogens (tertiary/aromatic N) is 5. The maximum absolute atomic E-state index is 13.7. The Labute approximate surface area is 224 Å². The van der Waals surface area contributed by atoms with Gasteiger partial charge in [-0.1, -0.05) is 18.9 Å². The molecule has 4 heterocycles. The third-order valence-electron chi connectivity index (χ3n) is 7.13. The van der Waals surface area contributed by atoms with E-state index >= 15 is 0 Å². The van der Waals surface area contributed by atoms with Crippen molar-refractivity contribution in [2.45, 2.75) is 57.8 Å². The summed E-state index contributed by atoms with van der Waals surface area (Å²) in [5.74, 6) is 2.24. The minimum Gasteiger partial charge on any atom is -0.494 e. The maximum Gasteiger partial charge on any atom is 0.253 e. The Kier molecular flexibility index (Phi) is 7.06. The van der Waals surface area contributed by atoms with Gasteiger partial charge in [0.1, 0.15) is 17.6 Å². The van der Waals surface area contributed by atoms with Gasteiger partial charge in [0.15, 0.2) is 5.82 Å². The van der Waals surface area contributed by atoms with Crippen LogP contribution >= 0.6 is 11.3 Å². The Balaban J connectivity index is 1.52. The average Bonchev–Trinajstić information content (AvgIpc) is 3.73. The number of aromatic amines is 1. The molecule has 1 aromatic carbocycles. The number of ether oxygens (including phenoxy) is 1. The molecule has 5 aromatic rings. The number of pyridine rings is 1. The molecule has 1 N–H and O–H groups in total. The van der Waals surface area contributed by atoms with Crippen LogP contribution < -0.4 is 10.3 Å². The maximum atomic E-state index is 13.7. The Morgan fingerprint density at radius 2 is 2.08 bits per heavy atom. The highest BCUT2D eigenvalue weighted by Crippen LogP contribution is 2.35. The lowest BCUT2D eigenvalue weighted by Crippen LogP contribution is -2.35. The van der Waals surface area contributed by atoms with Crippen molar-refractivity contribution in [3.8, 4) is 5.75 Å². The highest BCUT2D eigenvalue weighted by molar-refractivity contribution is 7.09. The van der Waals surface area contributed by atoms with Gasteiger partial charge < -0.3 is 14.1 Å². The highest BCUT2D eigenvalue weighted by Gasteiger charge is 2.34. The quantitative estimate of drug-likeness (QED) is 0.255. The summed E-state index contributed by atoms with van der Waals surface area (Å²) in [6.45, 7) is 3.62. The number of fused-ring (bicyclic) bond motifs is 1. The number of thiophene rings is 1. The lowest BCUT2D eigenvalue weighted by atomic mass is 10.0. The molecule has 196 valence electrons. The largest absolute Gasteiger partial charge is 0.494 e. The summed E-state index contributed by atoms with van der Waals surface area (Å²) in [7, 11) is 0. The third kappa shape index (κ3) is 5.01. The molecule has 1 aliphatic rings. The highest BCUT2D eigenvalue weighted by atomic mass is 32.1. The van der Waals surface area contributed by atoms with Crippen molar-refractivity contribution in [1.82, 2.24) is 30.1 Å². The Morgan fingerprint density at radius 3 is 2.84 bits per heavy atom. The molecule has 4 aromatic heterocycles. The van der Waals surface area contributed by atoms with Crippen LogP contribution in [0.25, 0.3) is 10.9 Å². The Hall–Kier alpha value is -3.76. The van der Waals surface area contributed by atoms with Crippen LogP contribution in [0.4, 0.5) is 0 Å². The van der Waals surface area contributed by atoms with E-state index in [1.165, 1.54) is 4.88 Å². The molecule has 1 unspecified atom stereocenters. The van der Waals surface area contributed by atoms with E-state index in [0.717, 1.165) is 48.1 Å². The fourth-order valence-corrected chi connectivity index (χ4v) is 6.12. The van der Waals surface area contributed by atoms with Crippen molar-refractivity contribution < 1.29 is 9.15 Å². The summed E-state index contributed by atoms with van der Waals surface area (Å²) < 4.78 is 13.4. The molecule has 1 fully saturated rings. The van der Waals surface area contributed by atoms with Crippen LogP contribution in [0, 0.1) is 0 Å². The zero-order valence-corrected chi connectivity index (χ0v) is 22.1. The summed E-state index contributed by atoms with van der Waals surface area (Å²) in [4.78, 5) is 20.2. The molecule has 9 nitrogen and oxygen atoms in total. The minimum atomic E-state index is -0.498. The van der Waals surface area contributed by atoms with Crippen LogP contribution in [0.15, 0.2) is 69.4 Å². The second-order valence-corrected chi connectivity index (χ2v) is 10.7. The molecular formula is C28H30N6O3S. The van der Waals surface area contributed by atoms with Gasteiger partial charge in [0, 0.05) is 27.9 Å². The van der Waals surface area contributed by atoms with Crippen LogP contribution in [0.3, 0.4) is 0 Å². The van der Waals surface area contributed by atoms with Gasteiger partial charge in [0.2, 0.25) is 0 Å². The van der Waals surface area contributed by atoms with Gasteiger partial charge in [0.25, 0.3) is 5.56 Å². The second kappa shape index (κ2) is 10.9. The standard InChI is InChI=1S/C28H30N6O3S/c1-2-36-21-11-12-25-19(15-21)16-24(28(35)29-25)26(27-30-31-32-34(27)20-7-3-4-8-20)33(17-22-9-5-13-37-22)18-23-10-6-14-38-23/h5-6,9-16,20,26H,2-4,7-8,17-18H2,1H3,(H,29,35). The van der Waals surface area contributed by atoms with E-state index in [0.29, 0.717) is 31.1 Å².